The summed E-state index contributed by atoms with van der Waals surface area (Å²) >= 11 is 4.67. The molecule has 53 valence electrons. The van der Waals surface area contributed by atoms with Crippen molar-refractivity contribution in [3.05, 3.63) is 31.8 Å². The van der Waals surface area contributed by atoms with Crippen molar-refractivity contribution in [3.63, 3.8) is 0 Å². The van der Waals surface area contributed by atoms with Crippen molar-refractivity contribution < 1.29 is 32.7 Å². The third-order valence-corrected chi connectivity index (χ3v) is 1.65. The average Bonchev–Trinajstić information content (AvgIpc) is 1.90. The SMILES string of the molecule is [CH3-].[S-]Sc1ccccn1.[Y]. The van der Waals surface area contributed by atoms with Crippen LogP contribution in [0.15, 0.2) is 29.4 Å². The van der Waals surface area contributed by atoms with Crippen molar-refractivity contribution in [1.29, 1.82) is 0 Å². The standard InChI is InChI=1S/C5H5NS2.CH3.Y/c7-8-5-3-1-2-4-6-5;;/h1-4,7H;1H3;/q;-1;/p-1. The minimum absolute atomic E-state index is 0. The van der Waals surface area contributed by atoms with Gasteiger partial charge in [-0.2, -0.15) is 0 Å². The number of hydrogen-bond acceptors (Lipinski definition) is 3. The van der Waals surface area contributed by atoms with Gasteiger partial charge in [-0.05, 0) is 12.1 Å². The van der Waals surface area contributed by atoms with Crippen LogP contribution in [0.25, 0.3) is 0 Å². The third kappa shape index (κ3) is 4.72. The smallest absolute Gasteiger partial charge is 0.0714 e. The van der Waals surface area contributed by atoms with Crippen molar-refractivity contribution in [2.75, 3.05) is 0 Å². The zero-order valence-corrected chi connectivity index (χ0v) is 10.1. The molecule has 1 heterocycles. The van der Waals surface area contributed by atoms with Crippen LogP contribution in [0.5, 0.6) is 0 Å². The van der Waals surface area contributed by atoms with Crippen LogP contribution in [0.4, 0.5) is 0 Å². The summed E-state index contributed by atoms with van der Waals surface area (Å²) in [5.41, 5.74) is 0. The first kappa shape index (κ1) is 13.5. The van der Waals surface area contributed by atoms with E-state index in [1.165, 1.54) is 10.8 Å². The van der Waals surface area contributed by atoms with Crippen LogP contribution in [0.2, 0.25) is 0 Å². The summed E-state index contributed by atoms with van der Waals surface area (Å²) in [7, 11) is 1.24. The number of nitrogens with zero attached hydrogens (tertiary/aromatic N) is 1. The Bertz CT molecular complexity index is 157. The molecule has 1 radical (unpaired) electrons. The Balaban J connectivity index is 0. The molecule has 0 amide bonds. The minimum Gasteiger partial charge on any atom is -0.712 e. The van der Waals surface area contributed by atoms with Gasteiger partial charge < -0.3 is 19.1 Å². The van der Waals surface area contributed by atoms with E-state index in [-0.39, 0.29) is 40.1 Å². The minimum atomic E-state index is 0. The molecule has 0 aliphatic carbocycles. The summed E-state index contributed by atoms with van der Waals surface area (Å²) in [5.74, 6) is 0. The summed E-state index contributed by atoms with van der Waals surface area (Å²) in [5, 5.41) is 0.891. The van der Waals surface area contributed by atoms with Gasteiger partial charge >= 0.3 is 0 Å². The topological polar surface area (TPSA) is 12.9 Å². The zero-order chi connectivity index (χ0) is 5.82. The number of rotatable bonds is 1. The summed E-state index contributed by atoms with van der Waals surface area (Å²) < 4.78 is 0. The fourth-order valence-electron chi connectivity index (χ4n) is 0.396. The molecule has 0 N–H and O–H groups in total. The summed E-state index contributed by atoms with van der Waals surface area (Å²) in [6.07, 6.45) is 1.73. The van der Waals surface area contributed by atoms with E-state index in [9.17, 15) is 0 Å². The van der Waals surface area contributed by atoms with Gasteiger partial charge in [0.2, 0.25) is 0 Å². The van der Waals surface area contributed by atoms with Gasteiger partial charge in [0, 0.05) is 38.9 Å². The molecule has 0 saturated carbocycles. The molecule has 0 aliphatic rings. The molecular formula is C6H7NS2Y-2. The second-order valence-corrected chi connectivity index (χ2v) is 2.34. The molecule has 1 nitrogen and oxygen atoms in total. The third-order valence-electron chi connectivity index (χ3n) is 0.723. The Morgan fingerprint density at radius 1 is 1.40 bits per heavy atom. The molecule has 0 aliphatic heterocycles. The normalized spacial score (nSPS) is 7.30. The largest absolute Gasteiger partial charge is 0.712 e. The van der Waals surface area contributed by atoms with Gasteiger partial charge in [0.15, 0.2) is 0 Å². The van der Waals surface area contributed by atoms with Crippen molar-refractivity contribution in [2.45, 2.75) is 5.03 Å². The van der Waals surface area contributed by atoms with Crippen molar-refractivity contribution in [3.8, 4) is 0 Å². The summed E-state index contributed by atoms with van der Waals surface area (Å²) in [6.45, 7) is 0. The Morgan fingerprint density at radius 2 is 2.10 bits per heavy atom. The molecule has 0 aromatic carbocycles. The number of hydrogen-bond donors (Lipinski definition) is 0. The molecule has 0 fully saturated rings. The zero-order valence-electron chi connectivity index (χ0n) is 5.65. The van der Waals surface area contributed by atoms with Gasteiger partial charge in [-0.25, -0.2) is 0 Å². The predicted molar refractivity (Wildman–Crippen MR) is 43.9 cm³/mol. The molecule has 1 rings (SSSR count). The fraction of sp³-hybridized carbons (Fsp3) is 0. The monoisotopic (exact) mass is 246 g/mol. The van der Waals surface area contributed by atoms with Gasteiger partial charge in [0.25, 0.3) is 0 Å². The van der Waals surface area contributed by atoms with E-state index in [1.807, 2.05) is 18.2 Å². The summed E-state index contributed by atoms with van der Waals surface area (Å²) in [4.78, 5) is 3.96. The molecule has 0 spiro atoms. The second kappa shape index (κ2) is 8.05. The Hall–Kier alpha value is 0.954. The molecule has 0 atom stereocenters. The molecule has 0 unspecified atom stereocenters. The average molecular weight is 246 g/mol. The van der Waals surface area contributed by atoms with Gasteiger partial charge in [0.1, 0.15) is 0 Å². The van der Waals surface area contributed by atoms with Crippen LogP contribution in [0.3, 0.4) is 0 Å². The second-order valence-electron chi connectivity index (χ2n) is 1.25. The molecule has 4 heteroatoms. The van der Waals surface area contributed by atoms with E-state index in [1.54, 1.807) is 6.20 Å². The Labute approximate surface area is 96.1 Å². The first-order valence-corrected chi connectivity index (χ1v) is 3.88. The van der Waals surface area contributed by atoms with Gasteiger partial charge in [-0.3, -0.25) is 15.8 Å². The first-order valence-electron chi connectivity index (χ1n) is 2.14. The van der Waals surface area contributed by atoms with Crippen molar-refractivity contribution >= 4 is 22.5 Å². The predicted octanol–water partition coefficient (Wildman–Crippen LogP) is 2.08. The number of aromatic nitrogens is 1. The first-order chi connectivity index (χ1) is 3.93. The van der Waals surface area contributed by atoms with E-state index in [4.69, 9.17) is 0 Å². The van der Waals surface area contributed by atoms with Gasteiger partial charge in [-0.1, -0.05) is 6.07 Å². The van der Waals surface area contributed by atoms with E-state index in [0.717, 1.165) is 5.03 Å². The van der Waals surface area contributed by atoms with Crippen LogP contribution in [0.1, 0.15) is 0 Å². The molecule has 10 heavy (non-hydrogen) atoms. The summed E-state index contributed by atoms with van der Waals surface area (Å²) in [6, 6.07) is 5.67. The Morgan fingerprint density at radius 3 is 2.40 bits per heavy atom. The maximum atomic E-state index is 4.67. The quantitative estimate of drug-likeness (QED) is 0.428. The Kier molecular flexibility index (Phi) is 10.9. The van der Waals surface area contributed by atoms with E-state index in [2.05, 4.69) is 16.6 Å². The molecule has 0 bridgehead atoms. The maximum absolute atomic E-state index is 4.67. The molecule has 1 aromatic heterocycles. The number of pyridine rings is 1. The van der Waals surface area contributed by atoms with E-state index >= 15 is 0 Å². The van der Waals surface area contributed by atoms with Gasteiger partial charge in [-0.15, -0.1) is 0 Å². The molecular weight excluding hydrogens is 239 g/mol. The van der Waals surface area contributed by atoms with Crippen LogP contribution in [0, 0.1) is 7.43 Å². The van der Waals surface area contributed by atoms with Crippen LogP contribution in [-0.4, -0.2) is 4.98 Å². The van der Waals surface area contributed by atoms with Gasteiger partial charge in [0.05, 0.1) is 5.03 Å². The molecule has 1 aromatic rings. The van der Waals surface area contributed by atoms with Crippen LogP contribution < -0.4 is 0 Å². The van der Waals surface area contributed by atoms with Crippen molar-refractivity contribution in [1.82, 2.24) is 4.98 Å². The maximum Gasteiger partial charge on any atom is 0.0714 e. The van der Waals surface area contributed by atoms with E-state index in [0.29, 0.717) is 0 Å². The van der Waals surface area contributed by atoms with Crippen molar-refractivity contribution in [2.24, 2.45) is 0 Å². The van der Waals surface area contributed by atoms with E-state index < -0.39 is 0 Å². The van der Waals surface area contributed by atoms with Crippen LogP contribution in [-0.2, 0) is 44.4 Å². The van der Waals surface area contributed by atoms with Crippen LogP contribution >= 0.6 is 10.8 Å². The fourth-order valence-corrected chi connectivity index (χ4v) is 0.930. The molecule has 0 saturated heterocycles.